The van der Waals surface area contributed by atoms with Crippen LogP contribution in [0.2, 0.25) is 0 Å². The Hall–Kier alpha value is -2.10. The van der Waals surface area contributed by atoms with Crippen molar-refractivity contribution in [2.75, 3.05) is 0 Å². The number of benzene rings is 1. The summed E-state index contributed by atoms with van der Waals surface area (Å²) in [5, 5.41) is 0. The van der Waals surface area contributed by atoms with Crippen LogP contribution in [0.5, 0.6) is 0 Å². The molecule has 0 atom stereocenters. The largest absolute Gasteiger partial charge is 0.444 e. The molecule has 1 aromatic heterocycles. The zero-order valence-electron chi connectivity index (χ0n) is 7.96. The first-order chi connectivity index (χ1) is 7.36. The molecule has 4 nitrogen and oxygen atoms in total. The zero-order valence-corrected chi connectivity index (χ0v) is 7.96. The van der Waals surface area contributed by atoms with Crippen molar-refractivity contribution in [3.05, 3.63) is 54.6 Å². The molecule has 0 fully saturated rings. The van der Waals surface area contributed by atoms with Gasteiger partial charge < -0.3 is 4.74 Å². The van der Waals surface area contributed by atoms with E-state index in [1.807, 2.05) is 30.3 Å². The molecule has 0 saturated carbocycles. The zero-order chi connectivity index (χ0) is 10.5. The molecule has 0 aliphatic rings. The number of rotatable bonds is 2. The third kappa shape index (κ3) is 2.43. The fourth-order valence-electron chi connectivity index (χ4n) is 1.12. The van der Waals surface area contributed by atoms with Gasteiger partial charge in [-0.1, -0.05) is 30.3 Å². The maximum Gasteiger partial charge on any atom is 0.420 e. The molecule has 75 valence electrons. The van der Waals surface area contributed by atoms with Crippen molar-refractivity contribution >= 4 is 6.09 Å². The Balaban J connectivity index is 1.92. The maximum absolute atomic E-state index is 11.3. The second kappa shape index (κ2) is 4.41. The predicted octanol–water partition coefficient (Wildman–Crippen LogP) is 1.87. The fourth-order valence-corrected chi connectivity index (χ4v) is 1.12. The predicted molar refractivity (Wildman–Crippen MR) is 53.1 cm³/mol. The molecule has 0 N–H and O–H groups in total. The molecule has 0 unspecified atom stereocenters. The summed E-state index contributed by atoms with van der Waals surface area (Å²) in [5.41, 5.74) is 0.950. The monoisotopic (exact) mass is 201 g/mol. The van der Waals surface area contributed by atoms with E-state index in [1.165, 1.54) is 17.1 Å². The van der Waals surface area contributed by atoms with Gasteiger partial charge in [0.1, 0.15) is 12.9 Å². The highest BCUT2D eigenvalue weighted by atomic mass is 16.5. The first-order valence-electron chi connectivity index (χ1n) is 4.47. The minimum Gasteiger partial charge on any atom is -0.444 e. The number of carbonyl (C=O) groups excluding carboxylic acids is 1. The van der Waals surface area contributed by atoms with Crippen molar-refractivity contribution in [1.29, 1.82) is 0 Å². The van der Waals surface area contributed by atoms with Crippen LogP contribution in [0.4, 0.5) is 4.79 Å². The first-order valence-corrected chi connectivity index (χ1v) is 4.47. The van der Waals surface area contributed by atoms with Gasteiger partial charge in [-0.15, -0.1) is 0 Å². The minimum absolute atomic E-state index is 0.256. The van der Waals surface area contributed by atoms with E-state index >= 15 is 0 Å². The Bertz CT molecular complexity index is 423. The van der Waals surface area contributed by atoms with E-state index in [1.54, 1.807) is 0 Å². The van der Waals surface area contributed by atoms with Gasteiger partial charge in [0.05, 0.1) is 12.4 Å². The second-order valence-electron chi connectivity index (χ2n) is 2.93. The normalized spacial score (nSPS) is 9.87. The summed E-state index contributed by atoms with van der Waals surface area (Å²) in [6, 6.07) is 9.49. The lowest BCUT2D eigenvalue weighted by Crippen LogP contribution is -2.11. The molecule has 0 aliphatic heterocycles. The van der Waals surface area contributed by atoms with Crippen molar-refractivity contribution in [1.82, 2.24) is 9.55 Å². The molecule has 2 aromatic rings. The van der Waals surface area contributed by atoms with Crippen LogP contribution in [-0.2, 0) is 11.3 Å². The molecule has 0 bridgehead atoms. The average molecular weight is 201 g/mol. The van der Waals surface area contributed by atoms with E-state index in [0.29, 0.717) is 0 Å². The maximum atomic E-state index is 11.3. The molecule has 0 amide bonds. The summed E-state index contributed by atoms with van der Waals surface area (Å²) in [5.74, 6) is 0. The second-order valence-corrected chi connectivity index (χ2v) is 2.93. The lowest BCUT2D eigenvalue weighted by atomic mass is 10.2. The number of imidazole rings is 1. The van der Waals surface area contributed by atoms with Crippen LogP contribution in [0.3, 0.4) is 0 Å². The summed E-state index contributed by atoms with van der Waals surface area (Å²) in [7, 11) is 0. The molecule has 1 heterocycles. The fraction of sp³-hybridized carbons (Fsp3) is 0.0909. The number of hydrogen-bond acceptors (Lipinski definition) is 3. The molecule has 4 heteroatoms. The van der Waals surface area contributed by atoms with Crippen molar-refractivity contribution in [2.24, 2.45) is 0 Å². The Morgan fingerprint density at radius 3 is 2.87 bits per heavy atom. The SMILES string of the molecule is O=C(OCc1ccccc1)n1[c]cnc1. The average Bonchev–Trinajstić information content (AvgIpc) is 2.81. The Morgan fingerprint density at radius 2 is 2.20 bits per heavy atom. The van der Waals surface area contributed by atoms with E-state index in [4.69, 9.17) is 4.74 Å². The van der Waals surface area contributed by atoms with Gasteiger partial charge in [0.15, 0.2) is 0 Å². The van der Waals surface area contributed by atoms with Crippen molar-refractivity contribution in [2.45, 2.75) is 6.61 Å². The van der Waals surface area contributed by atoms with E-state index < -0.39 is 6.09 Å². The third-order valence-electron chi connectivity index (χ3n) is 1.86. The molecule has 15 heavy (non-hydrogen) atoms. The summed E-state index contributed by atoms with van der Waals surface area (Å²) in [4.78, 5) is 15.1. The van der Waals surface area contributed by atoms with Gasteiger partial charge in [0.25, 0.3) is 0 Å². The molecule has 0 saturated heterocycles. The van der Waals surface area contributed by atoms with Crippen LogP contribution in [-0.4, -0.2) is 15.6 Å². The summed E-state index contributed by atoms with van der Waals surface area (Å²) in [6.45, 7) is 0.256. The Morgan fingerprint density at radius 1 is 1.40 bits per heavy atom. The standard InChI is InChI=1S/C11H9N2O2/c14-11(13-7-6-12-9-13)15-8-10-4-2-1-3-5-10/h1-6,9H,8H2. The van der Waals surface area contributed by atoms with Gasteiger partial charge in [-0.3, -0.25) is 0 Å². The van der Waals surface area contributed by atoms with E-state index in [2.05, 4.69) is 11.2 Å². The summed E-state index contributed by atoms with van der Waals surface area (Å²) in [6.07, 6.45) is 4.89. The van der Waals surface area contributed by atoms with Crippen molar-refractivity contribution < 1.29 is 9.53 Å². The lowest BCUT2D eigenvalue weighted by molar-refractivity contribution is 0.141. The highest BCUT2D eigenvalue weighted by molar-refractivity contribution is 5.69. The van der Waals surface area contributed by atoms with Crippen LogP contribution in [0, 0.1) is 6.20 Å². The molecule has 0 spiro atoms. The van der Waals surface area contributed by atoms with Crippen molar-refractivity contribution in [3.8, 4) is 0 Å². The quantitative estimate of drug-likeness (QED) is 0.745. The Labute approximate surface area is 87.1 Å². The van der Waals surface area contributed by atoms with E-state index in [9.17, 15) is 4.79 Å². The van der Waals surface area contributed by atoms with Crippen LogP contribution >= 0.6 is 0 Å². The number of nitrogens with zero attached hydrogens (tertiary/aromatic N) is 2. The lowest BCUT2D eigenvalue weighted by Gasteiger charge is -2.03. The summed E-state index contributed by atoms with van der Waals surface area (Å²) >= 11 is 0. The van der Waals surface area contributed by atoms with Crippen LogP contribution in [0.1, 0.15) is 5.56 Å². The van der Waals surface area contributed by atoms with Crippen LogP contribution < -0.4 is 0 Å². The topological polar surface area (TPSA) is 44.1 Å². The molecule has 2 rings (SSSR count). The first kappa shape index (κ1) is 9.45. The van der Waals surface area contributed by atoms with Crippen LogP contribution in [0.25, 0.3) is 0 Å². The highest BCUT2D eigenvalue weighted by Gasteiger charge is 2.04. The van der Waals surface area contributed by atoms with Gasteiger partial charge in [-0.25, -0.2) is 14.3 Å². The van der Waals surface area contributed by atoms with E-state index in [-0.39, 0.29) is 6.61 Å². The number of carbonyl (C=O) groups is 1. The smallest absolute Gasteiger partial charge is 0.420 e. The summed E-state index contributed by atoms with van der Waals surface area (Å²) < 4.78 is 6.19. The van der Waals surface area contributed by atoms with Crippen molar-refractivity contribution in [3.63, 3.8) is 0 Å². The Kier molecular flexibility index (Phi) is 2.78. The number of ether oxygens (including phenoxy) is 1. The van der Waals surface area contributed by atoms with E-state index in [0.717, 1.165) is 5.56 Å². The van der Waals surface area contributed by atoms with Crippen LogP contribution in [0.15, 0.2) is 42.9 Å². The highest BCUT2D eigenvalue weighted by Crippen LogP contribution is 2.01. The van der Waals surface area contributed by atoms with Gasteiger partial charge >= 0.3 is 6.09 Å². The molecule has 0 aliphatic carbocycles. The molecular weight excluding hydrogens is 192 g/mol. The number of hydrogen-bond donors (Lipinski definition) is 0. The van der Waals surface area contributed by atoms with Gasteiger partial charge in [-0.2, -0.15) is 0 Å². The number of aromatic nitrogens is 2. The minimum atomic E-state index is -0.476. The van der Waals surface area contributed by atoms with Gasteiger partial charge in [0.2, 0.25) is 0 Å². The van der Waals surface area contributed by atoms with Gasteiger partial charge in [0, 0.05) is 0 Å². The molecule has 1 aromatic carbocycles. The molecular formula is C11H9N2O2. The third-order valence-corrected chi connectivity index (χ3v) is 1.86. The molecule has 1 radical (unpaired) electrons. The van der Waals surface area contributed by atoms with Gasteiger partial charge in [-0.05, 0) is 5.56 Å².